The lowest BCUT2D eigenvalue weighted by Gasteiger charge is -2.26. The van der Waals surface area contributed by atoms with Crippen LogP contribution in [0.3, 0.4) is 0 Å². The Labute approximate surface area is 192 Å². The number of hydrogen-bond acceptors (Lipinski definition) is 7. The second-order valence-electron chi connectivity index (χ2n) is 7.83. The number of benzene rings is 1. The highest BCUT2D eigenvalue weighted by Crippen LogP contribution is 2.32. The average Bonchev–Trinajstić information content (AvgIpc) is 3.18. The number of anilines is 1. The van der Waals surface area contributed by atoms with Crippen LogP contribution in [0.4, 0.5) is 18.9 Å². The molecule has 0 radical (unpaired) electrons. The van der Waals surface area contributed by atoms with E-state index in [2.05, 4.69) is 15.5 Å². The number of ether oxygens (including phenoxy) is 1. The molecule has 2 aromatic heterocycles. The zero-order chi connectivity index (χ0) is 24.5. The van der Waals surface area contributed by atoms with Crippen molar-refractivity contribution in [2.24, 2.45) is 0 Å². The number of piperidine rings is 1. The Balaban J connectivity index is 1.67. The molecule has 9 nitrogen and oxygen atoms in total. The number of nitrogens with one attached hydrogen (secondary N) is 1. The van der Waals surface area contributed by atoms with E-state index in [-0.39, 0.29) is 27.6 Å². The summed E-state index contributed by atoms with van der Waals surface area (Å²) in [5.74, 6) is -1.04. The molecule has 0 spiro atoms. The van der Waals surface area contributed by atoms with Gasteiger partial charge in [-0.1, -0.05) is 11.6 Å². The Bertz CT molecular complexity index is 1320. The Morgan fingerprint density at radius 3 is 2.65 bits per heavy atom. The van der Waals surface area contributed by atoms with Gasteiger partial charge in [-0.15, -0.1) is 0 Å². The van der Waals surface area contributed by atoms with Crippen molar-refractivity contribution in [1.82, 2.24) is 14.4 Å². The van der Waals surface area contributed by atoms with Crippen molar-refractivity contribution in [3.63, 3.8) is 0 Å². The molecule has 1 saturated heterocycles. The van der Waals surface area contributed by atoms with Crippen LogP contribution in [0.25, 0.3) is 11.1 Å². The minimum absolute atomic E-state index is 0.0739. The van der Waals surface area contributed by atoms with Crippen molar-refractivity contribution in [3.05, 3.63) is 41.7 Å². The van der Waals surface area contributed by atoms with E-state index in [1.165, 1.54) is 22.6 Å². The number of rotatable bonds is 6. The summed E-state index contributed by atoms with van der Waals surface area (Å²) in [4.78, 5) is 16.7. The molecule has 3 aromatic rings. The van der Waals surface area contributed by atoms with Gasteiger partial charge in [0.2, 0.25) is 10.0 Å². The molecule has 13 heteroatoms. The van der Waals surface area contributed by atoms with Crippen LogP contribution in [0.5, 0.6) is 5.75 Å². The molecule has 0 aliphatic carbocycles. The Morgan fingerprint density at radius 2 is 1.94 bits per heavy atom. The first-order chi connectivity index (χ1) is 16.0. The zero-order valence-corrected chi connectivity index (χ0v) is 18.9. The summed E-state index contributed by atoms with van der Waals surface area (Å²) in [6.07, 6.45) is -1.06. The fraction of sp³-hybridized carbons (Fsp3) is 0.381. The molecule has 1 aliphatic rings. The summed E-state index contributed by atoms with van der Waals surface area (Å²) in [5, 5.41) is 6.70. The second kappa shape index (κ2) is 9.22. The number of aryl methyl sites for hydroxylation is 1. The number of carbonyl (C=O) groups excluding carboxylic acids is 1. The van der Waals surface area contributed by atoms with E-state index in [0.717, 1.165) is 18.6 Å². The first-order valence-corrected chi connectivity index (χ1v) is 11.9. The van der Waals surface area contributed by atoms with Crippen LogP contribution in [-0.4, -0.2) is 54.6 Å². The number of amides is 1. The number of aromatic nitrogens is 2. The van der Waals surface area contributed by atoms with Crippen molar-refractivity contribution in [3.8, 4) is 5.75 Å². The predicted molar refractivity (Wildman–Crippen MR) is 115 cm³/mol. The van der Waals surface area contributed by atoms with Crippen LogP contribution >= 0.6 is 0 Å². The zero-order valence-electron chi connectivity index (χ0n) is 18.1. The van der Waals surface area contributed by atoms with Crippen LogP contribution < -0.4 is 10.1 Å². The van der Waals surface area contributed by atoms with Gasteiger partial charge in [-0.3, -0.25) is 4.79 Å². The number of alkyl halides is 3. The number of sulfonamides is 1. The van der Waals surface area contributed by atoms with E-state index in [9.17, 15) is 26.4 Å². The number of carbonyl (C=O) groups is 1. The van der Waals surface area contributed by atoms with Gasteiger partial charge in [0.25, 0.3) is 11.6 Å². The molecule has 0 saturated carbocycles. The van der Waals surface area contributed by atoms with Crippen molar-refractivity contribution >= 4 is 32.7 Å². The molecule has 1 amide bonds. The smallest absolute Gasteiger partial charge is 0.422 e. The van der Waals surface area contributed by atoms with Crippen LogP contribution in [0.2, 0.25) is 0 Å². The van der Waals surface area contributed by atoms with Crippen LogP contribution in [0, 0.1) is 6.92 Å². The molecule has 0 atom stereocenters. The third kappa shape index (κ3) is 5.14. The fourth-order valence-electron chi connectivity index (χ4n) is 3.57. The van der Waals surface area contributed by atoms with E-state index < -0.39 is 28.7 Å². The fourth-order valence-corrected chi connectivity index (χ4v) is 5.11. The van der Waals surface area contributed by atoms with Crippen LogP contribution in [0.15, 0.2) is 39.9 Å². The van der Waals surface area contributed by atoms with Gasteiger partial charge in [0.05, 0.1) is 27.2 Å². The SMILES string of the molecule is Cc1noc2ncc(C(=O)Nc3cc(S(=O)(=O)N4CCCCC4)ccc3OCC(F)(F)F)cc12. The minimum atomic E-state index is -4.62. The van der Waals surface area contributed by atoms with E-state index in [4.69, 9.17) is 9.26 Å². The molecule has 1 N–H and O–H groups in total. The lowest BCUT2D eigenvalue weighted by Crippen LogP contribution is -2.35. The molecule has 3 heterocycles. The van der Waals surface area contributed by atoms with E-state index >= 15 is 0 Å². The molecule has 0 unspecified atom stereocenters. The minimum Gasteiger partial charge on any atom is -0.482 e. The van der Waals surface area contributed by atoms with Gasteiger partial charge in [-0.2, -0.15) is 17.5 Å². The highest BCUT2D eigenvalue weighted by atomic mass is 32.2. The van der Waals surface area contributed by atoms with Crippen molar-refractivity contribution in [1.29, 1.82) is 0 Å². The first-order valence-electron chi connectivity index (χ1n) is 10.4. The third-order valence-corrected chi connectivity index (χ3v) is 7.21. The summed E-state index contributed by atoms with van der Waals surface area (Å²) in [6, 6.07) is 4.83. The van der Waals surface area contributed by atoms with Crippen LogP contribution in [-0.2, 0) is 10.0 Å². The van der Waals surface area contributed by atoms with Gasteiger partial charge in [0, 0.05) is 19.3 Å². The van der Waals surface area contributed by atoms with E-state index in [1.54, 1.807) is 6.92 Å². The molecule has 4 rings (SSSR count). The third-order valence-electron chi connectivity index (χ3n) is 5.32. The molecule has 182 valence electrons. The number of nitrogens with zero attached hydrogens (tertiary/aromatic N) is 3. The maximum Gasteiger partial charge on any atom is 0.422 e. The predicted octanol–water partition coefficient (Wildman–Crippen LogP) is 3.90. The Kier molecular flexibility index (Phi) is 6.49. The van der Waals surface area contributed by atoms with Gasteiger partial charge in [-0.05, 0) is 44.0 Å². The molecule has 0 bridgehead atoms. The first kappa shape index (κ1) is 24.0. The monoisotopic (exact) mass is 498 g/mol. The molecule has 1 fully saturated rings. The number of hydrogen-bond donors (Lipinski definition) is 1. The highest BCUT2D eigenvalue weighted by molar-refractivity contribution is 7.89. The summed E-state index contributed by atoms with van der Waals surface area (Å²) in [7, 11) is -3.90. The molecular formula is C21H21F3N4O5S. The maximum atomic E-state index is 13.0. The standard InChI is InChI=1S/C21H21F3N4O5S/c1-13-16-9-14(11-25-20(16)33-27-13)19(29)26-17-10-15(5-6-18(17)32-12-21(22,23)24)34(30,31)28-7-3-2-4-8-28/h5-6,9-11H,2-4,7-8,12H2,1H3,(H,26,29). The second-order valence-corrected chi connectivity index (χ2v) is 9.76. The largest absolute Gasteiger partial charge is 0.482 e. The lowest BCUT2D eigenvalue weighted by molar-refractivity contribution is -0.153. The van der Waals surface area contributed by atoms with E-state index in [0.29, 0.717) is 37.0 Å². The van der Waals surface area contributed by atoms with Crippen LogP contribution in [0.1, 0.15) is 35.3 Å². The Hall–Kier alpha value is -3.19. The average molecular weight is 498 g/mol. The molecule has 1 aliphatic heterocycles. The van der Waals surface area contributed by atoms with Gasteiger partial charge >= 0.3 is 6.18 Å². The highest BCUT2D eigenvalue weighted by Gasteiger charge is 2.30. The quantitative estimate of drug-likeness (QED) is 0.548. The number of fused-ring (bicyclic) bond motifs is 1. The molecule has 1 aromatic carbocycles. The van der Waals surface area contributed by atoms with Crippen molar-refractivity contribution < 1.29 is 35.6 Å². The summed E-state index contributed by atoms with van der Waals surface area (Å²) in [6.45, 7) is 0.745. The van der Waals surface area contributed by atoms with Crippen molar-refractivity contribution in [2.45, 2.75) is 37.3 Å². The summed E-state index contributed by atoms with van der Waals surface area (Å²) >= 11 is 0. The van der Waals surface area contributed by atoms with E-state index in [1.807, 2.05) is 0 Å². The topological polar surface area (TPSA) is 115 Å². The van der Waals surface area contributed by atoms with Crippen molar-refractivity contribution in [2.75, 3.05) is 25.0 Å². The molecule has 34 heavy (non-hydrogen) atoms. The lowest BCUT2D eigenvalue weighted by atomic mass is 10.2. The van der Waals surface area contributed by atoms with Gasteiger partial charge in [0.15, 0.2) is 6.61 Å². The van der Waals surface area contributed by atoms with Gasteiger partial charge < -0.3 is 14.6 Å². The summed E-state index contributed by atoms with van der Waals surface area (Å²) < 4.78 is 75.4. The van der Waals surface area contributed by atoms with Gasteiger partial charge in [-0.25, -0.2) is 13.4 Å². The normalized spacial score (nSPS) is 15.4. The summed E-state index contributed by atoms with van der Waals surface area (Å²) in [5.41, 5.74) is 0.582. The number of pyridine rings is 1. The molecular weight excluding hydrogens is 477 g/mol. The van der Waals surface area contributed by atoms with Gasteiger partial charge in [0.1, 0.15) is 5.75 Å². The number of halogens is 3. The Morgan fingerprint density at radius 1 is 1.21 bits per heavy atom. The maximum absolute atomic E-state index is 13.0.